The van der Waals surface area contributed by atoms with Crippen LogP contribution in [-0.4, -0.2) is 91.3 Å². The topological polar surface area (TPSA) is 57.2 Å². The van der Waals surface area contributed by atoms with Gasteiger partial charge in [0.25, 0.3) is 11.9 Å². The molecule has 2 unspecified atom stereocenters. The number of hydrogen-bond acceptors (Lipinski definition) is 3. The second-order valence-electron chi connectivity index (χ2n) is 7.12. The van der Waals surface area contributed by atoms with Crippen LogP contribution in [0.3, 0.4) is 0 Å². The predicted molar refractivity (Wildman–Crippen MR) is 92.7 cm³/mol. The molecule has 0 fully saturated rings. The highest BCUT2D eigenvalue weighted by Gasteiger charge is 2.89. The number of nitrogens with zero attached hydrogens (tertiary/aromatic N) is 1. The lowest BCUT2D eigenvalue weighted by molar-refractivity contribution is -0.921. The predicted octanol–water partition coefficient (Wildman–Crippen LogP) is 5.49. The molecule has 4 nitrogen and oxygen atoms in total. The number of rotatable bonds is 12. The van der Waals surface area contributed by atoms with Crippen molar-refractivity contribution >= 4 is 10.1 Å². The average molecular weight is 575 g/mol. The molecule has 0 heterocycles. The maximum absolute atomic E-state index is 13.0. The van der Waals surface area contributed by atoms with Gasteiger partial charge in [-0.25, -0.2) is 26.0 Å². The molecule has 0 N–H and O–H groups in total. The van der Waals surface area contributed by atoms with E-state index in [1.807, 2.05) is 0 Å². The molecule has 0 bridgehead atoms. The monoisotopic (exact) mass is 575 g/mol. The smallest absolute Gasteiger partial charge is 0.384 e. The van der Waals surface area contributed by atoms with Crippen LogP contribution in [-0.2, 0) is 10.1 Å². The molecule has 35 heavy (non-hydrogen) atoms. The maximum atomic E-state index is 13.0. The molecule has 0 aliphatic carbocycles. The molecule has 0 aromatic rings. The SMILES string of the molecule is CC[N+](CC)(CC)CC.O=S(=O)([O-])C(F)C(F)(F)C(F)(F)C(F)(F)C(F)(F)C(F)(F)C(F)C(F)F. The summed E-state index contributed by atoms with van der Waals surface area (Å²) in [6.45, 7) is 14.2. The molecule has 214 valence electrons. The van der Waals surface area contributed by atoms with Gasteiger partial charge >= 0.3 is 29.6 Å². The van der Waals surface area contributed by atoms with Gasteiger partial charge in [-0.05, 0) is 27.7 Å². The van der Waals surface area contributed by atoms with Gasteiger partial charge in [-0.2, -0.15) is 43.9 Å². The fourth-order valence-electron chi connectivity index (χ4n) is 2.61. The third-order valence-corrected chi connectivity index (χ3v) is 6.22. The molecule has 0 aromatic carbocycles. The van der Waals surface area contributed by atoms with Crippen LogP contribution < -0.4 is 0 Å². The Morgan fingerprint density at radius 1 is 0.629 bits per heavy atom. The molecule has 2 atom stereocenters. The highest BCUT2D eigenvalue weighted by Crippen LogP contribution is 2.59. The van der Waals surface area contributed by atoms with E-state index < -0.39 is 57.8 Å². The van der Waals surface area contributed by atoms with Gasteiger partial charge in [-0.1, -0.05) is 0 Å². The normalized spacial score (nSPS) is 16.6. The van der Waals surface area contributed by atoms with Crippen molar-refractivity contribution in [1.82, 2.24) is 0 Å². The second-order valence-corrected chi connectivity index (χ2v) is 8.52. The van der Waals surface area contributed by atoms with E-state index in [9.17, 15) is 74.4 Å². The van der Waals surface area contributed by atoms with E-state index in [0.717, 1.165) is 0 Å². The van der Waals surface area contributed by atoms with Crippen molar-refractivity contribution in [2.24, 2.45) is 0 Å². The van der Waals surface area contributed by atoms with Gasteiger partial charge in [0.15, 0.2) is 0 Å². The number of halogens is 14. The van der Waals surface area contributed by atoms with Crippen molar-refractivity contribution in [1.29, 1.82) is 0 Å². The van der Waals surface area contributed by atoms with E-state index in [4.69, 9.17) is 0 Å². The summed E-state index contributed by atoms with van der Waals surface area (Å²) in [4.78, 5) is 0. The van der Waals surface area contributed by atoms with E-state index in [1.165, 1.54) is 30.7 Å². The minimum atomic E-state index is -8.21. The minimum absolute atomic E-state index is 1.28. The lowest BCUT2D eigenvalue weighted by Crippen LogP contribution is -2.71. The number of alkyl halides is 14. The largest absolute Gasteiger partial charge is 0.746 e. The summed E-state index contributed by atoms with van der Waals surface area (Å²) >= 11 is 0. The van der Waals surface area contributed by atoms with E-state index >= 15 is 0 Å². The van der Waals surface area contributed by atoms with Gasteiger partial charge in [0.05, 0.1) is 26.2 Å². The molecule has 19 heteroatoms. The van der Waals surface area contributed by atoms with Crippen molar-refractivity contribution in [3.05, 3.63) is 0 Å². The van der Waals surface area contributed by atoms with Crippen molar-refractivity contribution in [3.8, 4) is 0 Å². The summed E-state index contributed by atoms with van der Waals surface area (Å²) in [6.07, 6.45) is -10.8. The minimum Gasteiger partial charge on any atom is -0.746 e. The fourth-order valence-corrected chi connectivity index (χ4v) is 3.12. The van der Waals surface area contributed by atoms with Crippen LogP contribution in [0.1, 0.15) is 27.7 Å². The summed E-state index contributed by atoms with van der Waals surface area (Å²) in [6, 6.07) is 0. The Morgan fingerprint density at radius 3 is 1.11 bits per heavy atom. The number of quaternary nitrogens is 1. The first-order valence-electron chi connectivity index (χ1n) is 9.50. The van der Waals surface area contributed by atoms with Crippen LogP contribution in [0.2, 0.25) is 0 Å². The van der Waals surface area contributed by atoms with Gasteiger partial charge in [0.1, 0.15) is 10.1 Å². The Kier molecular flexibility index (Phi) is 11.9. The zero-order chi connectivity index (χ0) is 29.1. The zero-order valence-electron chi connectivity index (χ0n) is 18.4. The lowest BCUT2D eigenvalue weighted by Gasteiger charge is -2.40. The van der Waals surface area contributed by atoms with Crippen LogP contribution in [0.15, 0.2) is 0 Å². The molecule has 0 aliphatic heterocycles. The van der Waals surface area contributed by atoms with Crippen LogP contribution in [0.4, 0.5) is 61.5 Å². The van der Waals surface area contributed by atoms with Crippen molar-refractivity contribution in [2.45, 2.75) is 75.4 Å². The van der Waals surface area contributed by atoms with Crippen LogP contribution >= 0.6 is 0 Å². The Morgan fingerprint density at radius 2 is 0.914 bits per heavy atom. The fraction of sp³-hybridized carbons (Fsp3) is 1.00. The second kappa shape index (κ2) is 11.5. The van der Waals surface area contributed by atoms with Gasteiger partial charge in [0, 0.05) is 0 Å². The van der Waals surface area contributed by atoms with E-state index in [1.54, 1.807) is 0 Å². The first kappa shape index (κ1) is 36.0. The Bertz CT molecular complexity index is 754. The van der Waals surface area contributed by atoms with Gasteiger partial charge in [-0.15, -0.1) is 0 Å². The molecule has 0 aliphatic rings. The molecule has 0 aromatic heterocycles. The average Bonchev–Trinajstić information content (AvgIpc) is 2.73. The highest BCUT2D eigenvalue weighted by atomic mass is 32.2. The summed E-state index contributed by atoms with van der Waals surface area (Å²) in [5, 5.41) is 0. The van der Waals surface area contributed by atoms with Gasteiger partial charge in [0.2, 0.25) is 6.17 Å². The highest BCUT2D eigenvalue weighted by molar-refractivity contribution is 7.86. The third kappa shape index (κ3) is 6.61. The van der Waals surface area contributed by atoms with E-state index in [0.29, 0.717) is 0 Å². The van der Waals surface area contributed by atoms with Gasteiger partial charge < -0.3 is 9.04 Å². The van der Waals surface area contributed by atoms with Crippen LogP contribution in [0, 0.1) is 0 Å². The van der Waals surface area contributed by atoms with Crippen molar-refractivity contribution in [3.63, 3.8) is 0 Å². The summed E-state index contributed by atoms with van der Waals surface area (Å²) in [7, 11) is -7.22. The third-order valence-electron chi connectivity index (χ3n) is 5.42. The summed E-state index contributed by atoms with van der Waals surface area (Å²) in [5.41, 5.74) is -5.84. The van der Waals surface area contributed by atoms with Crippen molar-refractivity contribution < 1.29 is 78.9 Å². The molecule has 0 spiro atoms. The zero-order valence-corrected chi connectivity index (χ0v) is 19.2. The lowest BCUT2D eigenvalue weighted by atomic mass is 9.92. The van der Waals surface area contributed by atoms with Crippen molar-refractivity contribution in [2.75, 3.05) is 26.2 Å². The Hall–Kier alpha value is -1.11. The molecule has 0 radical (unpaired) electrons. The molecule has 0 saturated heterocycles. The first-order chi connectivity index (χ1) is 15.3. The molecular formula is C16H23F14NO3S. The Balaban J connectivity index is 0. The number of hydrogen-bond donors (Lipinski definition) is 0. The Labute approximate surface area is 191 Å². The van der Waals surface area contributed by atoms with Crippen LogP contribution in [0.25, 0.3) is 0 Å². The molecule has 0 rings (SSSR count). The molecule has 0 saturated carbocycles. The maximum Gasteiger partial charge on any atom is 0.384 e. The van der Waals surface area contributed by atoms with Gasteiger partial charge in [-0.3, -0.25) is 0 Å². The quantitative estimate of drug-likeness (QED) is 0.176. The van der Waals surface area contributed by atoms with E-state index in [2.05, 4.69) is 27.7 Å². The standard InChI is InChI=1S/C8H4F14O3S.C8H20N/c9-1(2(10)11)4(13,14)6(17,18)8(21,22)7(19,20)5(15,16)3(12)26(23,24)25;1-5-9(6-2,7-3)8-4/h1-3H,(H,23,24,25);5-8H2,1-4H3/q;+1/p-1. The first-order valence-corrected chi connectivity index (χ1v) is 11.0. The summed E-state index contributed by atoms with van der Waals surface area (Å²) in [5.74, 6) is -39.3. The molecule has 0 amide bonds. The summed E-state index contributed by atoms with van der Waals surface area (Å²) < 4.78 is 209. The van der Waals surface area contributed by atoms with E-state index in [-0.39, 0.29) is 0 Å². The molecular weight excluding hydrogens is 552 g/mol. The van der Waals surface area contributed by atoms with Crippen LogP contribution in [0.5, 0.6) is 0 Å².